The molecule has 3 N–H and O–H groups in total. The number of aliphatic hydroxyl groups is 1. The van der Waals surface area contributed by atoms with Crippen molar-refractivity contribution in [1.29, 1.82) is 0 Å². The van der Waals surface area contributed by atoms with E-state index in [4.69, 9.17) is 4.74 Å². The van der Waals surface area contributed by atoms with Gasteiger partial charge in [0.05, 0.1) is 12.7 Å². The first kappa shape index (κ1) is 14.5. The Kier molecular flexibility index (Phi) is 6.18. The number of ether oxygens (including phenoxy) is 1. The van der Waals surface area contributed by atoms with E-state index in [1.54, 1.807) is 0 Å². The highest BCUT2D eigenvalue weighted by molar-refractivity contribution is 5.73. The lowest BCUT2D eigenvalue weighted by Gasteiger charge is -2.11. The minimum atomic E-state index is -0.681. The molecule has 0 aliphatic rings. The van der Waals surface area contributed by atoms with E-state index in [9.17, 15) is 9.90 Å². The average Bonchev–Trinajstić information content (AvgIpc) is 2.34. The Morgan fingerprint density at radius 2 is 2.22 bits per heavy atom. The molecule has 5 heteroatoms. The number of urea groups is 1. The van der Waals surface area contributed by atoms with E-state index < -0.39 is 6.10 Å². The molecule has 0 fully saturated rings. The van der Waals surface area contributed by atoms with Crippen molar-refractivity contribution < 1.29 is 14.6 Å². The molecule has 1 aromatic rings. The predicted octanol–water partition coefficient (Wildman–Crippen LogP) is 0.802. The fourth-order valence-electron chi connectivity index (χ4n) is 1.53. The summed E-state index contributed by atoms with van der Waals surface area (Å²) in [7, 11) is 1.50. The Hall–Kier alpha value is -1.59. The van der Waals surface area contributed by atoms with Crippen LogP contribution in [0.1, 0.15) is 11.1 Å². The van der Waals surface area contributed by atoms with E-state index in [0.29, 0.717) is 6.54 Å². The Bertz CT molecular complexity index is 382. The van der Waals surface area contributed by atoms with Crippen molar-refractivity contribution in [2.24, 2.45) is 0 Å². The molecule has 0 aliphatic carbocycles. The number of carbonyl (C=O) groups is 1. The standard InChI is InChI=1S/C13H20N2O3/c1-10-4-3-5-11(6-10)7-14-13(17)15-8-12(16)9-18-2/h3-6,12,16H,7-9H2,1-2H3,(H2,14,15,17). The number of methoxy groups -OCH3 is 1. The fraction of sp³-hybridized carbons (Fsp3) is 0.462. The summed E-state index contributed by atoms with van der Waals surface area (Å²) in [5, 5.41) is 14.6. The van der Waals surface area contributed by atoms with Crippen LogP contribution in [0.15, 0.2) is 24.3 Å². The summed E-state index contributed by atoms with van der Waals surface area (Å²) in [5.41, 5.74) is 2.20. The third-order valence-corrected chi connectivity index (χ3v) is 2.39. The number of carbonyl (C=O) groups excluding carboxylic acids is 1. The first-order valence-corrected chi connectivity index (χ1v) is 5.86. The molecule has 0 aromatic heterocycles. The van der Waals surface area contributed by atoms with Crippen molar-refractivity contribution in [2.45, 2.75) is 19.6 Å². The van der Waals surface area contributed by atoms with Crippen LogP contribution < -0.4 is 10.6 Å². The summed E-state index contributed by atoms with van der Waals surface area (Å²) < 4.78 is 4.76. The van der Waals surface area contributed by atoms with Crippen molar-refractivity contribution >= 4 is 6.03 Å². The topological polar surface area (TPSA) is 70.6 Å². The molecule has 1 aromatic carbocycles. The van der Waals surface area contributed by atoms with Crippen LogP contribution in [0.3, 0.4) is 0 Å². The number of aliphatic hydroxyl groups excluding tert-OH is 1. The third-order valence-electron chi connectivity index (χ3n) is 2.39. The highest BCUT2D eigenvalue weighted by Gasteiger charge is 2.05. The van der Waals surface area contributed by atoms with Gasteiger partial charge in [-0.2, -0.15) is 0 Å². The smallest absolute Gasteiger partial charge is 0.315 e. The van der Waals surface area contributed by atoms with Crippen molar-refractivity contribution in [3.8, 4) is 0 Å². The minimum Gasteiger partial charge on any atom is -0.389 e. The molecule has 1 rings (SSSR count). The van der Waals surface area contributed by atoms with Gasteiger partial charge < -0.3 is 20.5 Å². The summed E-state index contributed by atoms with van der Waals surface area (Å²) in [6.45, 7) is 2.85. The van der Waals surface area contributed by atoms with Gasteiger partial charge in [-0.25, -0.2) is 4.79 Å². The first-order valence-electron chi connectivity index (χ1n) is 5.86. The molecule has 0 aliphatic heterocycles. The molecular weight excluding hydrogens is 232 g/mol. The maximum atomic E-state index is 11.4. The van der Waals surface area contributed by atoms with Crippen LogP contribution in [-0.4, -0.2) is 37.5 Å². The summed E-state index contributed by atoms with van der Waals surface area (Å²) in [6.07, 6.45) is -0.681. The number of amides is 2. The van der Waals surface area contributed by atoms with Crippen LogP contribution in [0.5, 0.6) is 0 Å². The zero-order valence-corrected chi connectivity index (χ0v) is 10.8. The molecule has 0 heterocycles. The summed E-state index contributed by atoms with van der Waals surface area (Å²) in [5.74, 6) is 0. The number of benzene rings is 1. The van der Waals surface area contributed by atoms with Gasteiger partial charge in [-0.05, 0) is 12.5 Å². The zero-order valence-electron chi connectivity index (χ0n) is 10.8. The van der Waals surface area contributed by atoms with E-state index in [0.717, 1.165) is 11.1 Å². The lowest BCUT2D eigenvalue weighted by molar-refractivity contribution is 0.0660. The second kappa shape index (κ2) is 7.68. The quantitative estimate of drug-likeness (QED) is 0.701. The molecule has 1 unspecified atom stereocenters. The number of nitrogens with one attached hydrogen (secondary N) is 2. The predicted molar refractivity (Wildman–Crippen MR) is 69.3 cm³/mol. The number of aryl methyl sites for hydroxylation is 1. The molecular formula is C13H20N2O3. The molecule has 0 radical (unpaired) electrons. The maximum absolute atomic E-state index is 11.4. The molecule has 1 atom stereocenters. The lowest BCUT2D eigenvalue weighted by Crippen LogP contribution is -2.40. The van der Waals surface area contributed by atoms with Crippen LogP contribution in [0.2, 0.25) is 0 Å². The molecule has 5 nitrogen and oxygen atoms in total. The number of hydrogen-bond acceptors (Lipinski definition) is 3. The molecule has 0 spiro atoms. The largest absolute Gasteiger partial charge is 0.389 e. The van der Waals surface area contributed by atoms with E-state index in [2.05, 4.69) is 10.6 Å². The Labute approximate surface area is 107 Å². The third kappa shape index (κ3) is 5.65. The minimum absolute atomic E-state index is 0.174. The van der Waals surface area contributed by atoms with Crippen LogP contribution >= 0.6 is 0 Å². The Balaban J connectivity index is 2.25. The molecule has 18 heavy (non-hydrogen) atoms. The molecule has 0 saturated carbocycles. The Morgan fingerprint density at radius 3 is 2.89 bits per heavy atom. The summed E-state index contributed by atoms with van der Waals surface area (Å²) in [6, 6.07) is 7.62. The maximum Gasteiger partial charge on any atom is 0.315 e. The van der Waals surface area contributed by atoms with Gasteiger partial charge >= 0.3 is 6.03 Å². The van der Waals surface area contributed by atoms with Crippen molar-refractivity contribution in [1.82, 2.24) is 10.6 Å². The van der Waals surface area contributed by atoms with Gasteiger partial charge in [0.25, 0.3) is 0 Å². The summed E-state index contributed by atoms with van der Waals surface area (Å²) in [4.78, 5) is 11.4. The van der Waals surface area contributed by atoms with Gasteiger partial charge in [-0.15, -0.1) is 0 Å². The van der Waals surface area contributed by atoms with Crippen LogP contribution in [-0.2, 0) is 11.3 Å². The van der Waals surface area contributed by atoms with Gasteiger partial charge in [-0.1, -0.05) is 29.8 Å². The average molecular weight is 252 g/mol. The second-order valence-corrected chi connectivity index (χ2v) is 4.16. The second-order valence-electron chi connectivity index (χ2n) is 4.16. The number of rotatable bonds is 6. The molecule has 2 amide bonds. The van der Waals surface area contributed by atoms with Gasteiger partial charge in [0.1, 0.15) is 0 Å². The van der Waals surface area contributed by atoms with Crippen LogP contribution in [0.4, 0.5) is 4.79 Å². The van der Waals surface area contributed by atoms with Gasteiger partial charge in [0.15, 0.2) is 0 Å². The van der Waals surface area contributed by atoms with E-state index in [1.165, 1.54) is 7.11 Å². The number of hydrogen-bond donors (Lipinski definition) is 3. The highest BCUT2D eigenvalue weighted by atomic mass is 16.5. The van der Waals surface area contributed by atoms with Gasteiger partial charge in [-0.3, -0.25) is 0 Å². The van der Waals surface area contributed by atoms with Crippen molar-refractivity contribution in [3.05, 3.63) is 35.4 Å². The van der Waals surface area contributed by atoms with Gasteiger partial charge in [0.2, 0.25) is 0 Å². The first-order chi connectivity index (χ1) is 8.61. The zero-order chi connectivity index (χ0) is 13.4. The normalized spacial score (nSPS) is 11.9. The summed E-state index contributed by atoms with van der Waals surface area (Å²) >= 11 is 0. The van der Waals surface area contributed by atoms with Gasteiger partial charge in [0, 0.05) is 20.2 Å². The molecule has 100 valence electrons. The molecule has 0 bridgehead atoms. The molecule has 0 saturated heterocycles. The van der Waals surface area contributed by atoms with Crippen molar-refractivity contribution in [3.63, 3.8) is 0 Å². The lowest BCUT2D eigenvalue weighted by atomic mass is 10.1. The van der Waals surface area contributed by atoms with E-state index >= 15 is 0 Å². The SMILES string of the molecule is COCC(O)CNC(=O)NCc1cccc(C)c1. The van der Waals surface area contributed by atoms with Crippen LogP contribution in [0, 0.1) is 6.92 Å². The highest BCUT2D eigenvalue weighted by Crippen LogP contribution is 2.02. The fourth-order valence-corrected chi connectivity index (χ4v) is 1.53. The monoisotopic (exact) mass is 252 g/mol. The van der Waals surface area contributed by atoms with E-state index in [-0.39, 0.29) is 19.2 Å². The van der Waals surface area contributed by atoms with E-state index in [1.807, 2.05) is 31.2 Å². The Morgan fingerprint density at radius 1 is 1.44 bits per heavy atom. The van der Waals surface area contributed by atoms with Crippen molar-refractivity contribution in [2.75, 3.05) is 20.3 Å². The van der Waals surface area contributed by atoms with Crippen LogP contribution in [0.25, 0.3) is 0 Å².